The zero-order chi connectivity index (χ0) is 11.6. The Bertz CT molecular complexity index is 398. The van der Waals surface area contributed by atoms with Crippen LogP contribution in [0.25, 0.3) is 0 Å². The lowest BCUT2D eigenvalue weighted by molar-refractivity contribution is -0.136. The molecule has 1 rings (SSSR count). The smallest absolute Gasteiger partial charge is 0.309 e. The number of hydrogen-bond acceptors (Lipinski definition) is 2. The van der Waals surface area contributed by atoms with Gasteiger partial charge in [0, 0.05) is 6.07 Å². The minimum atomic E-state index is -2.97. The maximum atomic E-state index is 13.0. The van der Waals surface area contributed by atoms with Gasteiger partial charge in [0.1, 0.15) is 11.5 Å². The number of carboxylic acids is 1. The van der Waals surface area contributed by atoms with Gasteiger partial charge in [-0.3, -0.25) is 4.79 Å². The summed E-state index contributed by atoms with van der Waals surface area (Å²) in [7, 11) is 0. The van der Waals surface area contributed by atoms with Crippen LogP contribution >= 0.6 is 11.6 Å². The van der Waals surface area contributed by atoms with Crippen molar-refractivity contribution in [1.29, 1.82) is 0 Å². The Kier molecular flexibility index (Phi) is 3.52. The zero-order valence-corrected chi connectivity index (χ0v) is 7.93. The number of hydrogen-bond donors (Lipinski definition) is 1. The van der Waals surface area contributed by atoms with Gasteiger partial charge in [-0.05, 0) is 0 Å². The number of alkyl halides is 2. The SMILES string of the molecule is O=C(O)Cc1nc(C(F)F)cc(F)c1Cl. The van der Waals surface area contributed by atoms with Crippen LogP contribution in [-0.4, -0.2) is 16.1 Å². The molecule has 1 N–H and O–H groups in total. The maximum absolute atomic E-state index is 13.0. The van der Waals surface area contributed by atoms with E-state index in [0.29, 0.717) is 6.07 Å². The van der Waals surface area contributed by atoms with Crippen molar-refractivity contribution < 1.29 is 23.1 Å². The van der Waals surface area contributed by atoms with Crippen LogP contribution in [0.15, 0.2) is 6.07 Å². The molecular formula is C8H5ClF3NO2. The van der Waals surface area contributed by atoms with Crippen LogP contribution in [0.3, 0.4) is 0 Å². The zero-order valence-electron chi connectivity index (χ0n) is 7.18. The summed E-state index contributed by atoms with van der Waals surface area (Å²) in [5.74, 6) is -2.42. The number of pyridine rings is 1. The third-order valence-corrected chi connectivity index (χ3v) is 1.94. The summed E-state index contributed by atoms with van der Waals surface area (Å²) in [6.07, 6.45) is -3.67. The van der Waals surface area contributed by atoms with E-state index in [0.717, 1.165) is 0 Å². The Labute approximate surface area is 87.5 Å². The van der Waals surface area contributed by atoms with E-state index in [4.69, 9.17) is 16.7 Å². The van der Waals surface area contributed by atoms with E-state index >= 15 is 0 Å². The van der Waals surface area contributed by atoms with Crippen LogP contribution < -0.4 is 0 Å². The molecule has 15 heavy (non-hydrogen) atoms. The van der Waals surface area contributed by atoms with Gasteiger partial charge >= 0.3 is 5.97 Å². The molecule has 0 saturated heterocycles. The van der Waals surface area contributed by atoms with Gasteiger partial charge in [0.25, 0.3) is 6.43 Å². The normalized spacial score (nSPS) is 10.7. The fourth-order valence-electron chi connectivity index (χ4n) is 0.940. The number of carbonyl (C=O) groups is 1. The molecule has 1 aromatic heterocycles. The van der Waals surface area contributed by atoms with Gasteiger partial charge in [-0.2, -0.15) is 0 Å². The molecule has 0 unspecified atom stereocenters. The van der Waals surface area contributed by atoms with E-state index in [1.54, 1.807) is 0 Å². The van der Waals surface area contributed by atoms with E-state index in [1.165, 1.54) is 0 Å². The number of halogens is 4. The van der Waals surface area contributed by atoms with Gasteiger partial charge in [-0.1, -0.05) is 11.6 Å². The standard InChI is InChI=1S/C8H5ClF3NO2/c9-7-3(10)1-5(8(11)12)13-4(7)2-6(14)15/h1,8H,2H2,(H,14,15). The lowest BCUT2D eigenvalue weighted by atomic mass is 10.2. The van der Waals surface area contributed by atoms with Crippen LogP contribution in [0.5, 0.6) is 0 Å². The second-order valence-corrected chi connectivity index (χ2v) is 3.04. The molecule has 0 atom stereocenters. The first-order valence-corrected chi connectivity index (χ1v) is 4.14. The first-order valence-electron chi connectivity index (χ1n) is 3.76. The van der Waals surface area contributed by atoms with Crippen molar-refractivity contribution in [2.24, 2.45) is 0 Å². The highest BCUT2D eigenvalue weighted by molar-refractivity contribution is 6.31. The molecule has 0 radical (unpaired) electrons. The summed E-state index contributed by atoms with van der Waals surface area (Å²) >= 11 is 5.37. The molecule has 82 valence electrons. The molecular weight excluding hydrogens is 235 g/mol. The molecule has 0 aliphatic rings. The molecule has 0 saturated carbocycles. The minimum Gasteiger partial charge on any atom is -0.481 e. The number of rotatable bonds is 3. The molecule has 0 bridgehead atoms. The van der Waals surface area contributed by atoms with Gasteiger partial charge < -0.3 is 5.11 Å². The Balaban J connectivity index is 3.18. The van der Waals surface area contributed by atoms with Gasteiger partial charge in [0.2, 0.25) is 0 Å². The highest BCUT2D eigenvalue weighted by Crippen LogP contribution is 2.24. The van der Waals surface area contributed by atoms with Crippen molar-refractivity contribution in [3.8, 4) is 0 Å². The summed E-state index contributed by atoms with van der Waals surface area (Å²) in [5, 5.41) is 7.86. The second-order valence-electron chi connectivity index (χ2n) is 2.66. The number of aliphatic carboxylic acids is 1. The van der Waals surface area contributed by atoms with Crippen molar-refractivity contribution in [2.45, 2.75) is 12.8 Å². The molecule has 0 aromatic carbocycles. The molecule has 1 aromatic rings. The van der Waals surface area contributed by atoms with Crippen molar-refractivity contribution in [2.75, 3.05) is 0 Å². The molecule has 3 nitrogen and oxygen atoms in total. The lowest BCUT2D eigenvalue weighted by Gasteiger charge is -2.05. The van der Waals surface area contributed by atoms with Gasteiger partial charge in [0.15, 0.2) is 0 Å². The molecule has 0 aliphatic heterocycles. The van der Waals surface area contributed by atoms with Crippen molar-refractivity contribution in [3.05, 3.63) is 28.3 Å². The maximum Gasteiger partial charge on any atom is 0.309 e. The summed E-state index contributed by atoms with van der Waals surface area (Å²) < 4.78 is 37.3. The average molecular weight is 240 g/mol. The van der Waals surface area contributed by atoms with Gasteiger partial charge in [0.05, 0.1) is 17.1 Å². The molecule has 0 fully saturated rings. The number of aromatic nitrogens is 1. The van der Waals surface area contributed by atoms with Crippen LogP contribution in [0.4, 0.5) is 13.2 Å². The van der Waals surface area contributed by atoms with E-state index in [-0.39, 0.29) is 0 Å². The monoisotopic (exact) mass is 239 g/mol. The lowest BCUT2D eigenvalue weighted by Crippen LogP contribution is -2.06. The average Bonchev–Trinajstić information content (AvgIpc) is 2.11. The highest BCUT2D eigenvalue weighted by Gasteiger charge is 2.17. The quantitative estimate of drug-likeness (QED) is 0.881. The Morgan fingerprint density at radius 2 is 2.20 bits per heavy atom. The minimum absolute atomic E-state index is 0.403. The predicted octanol–water partition coefficient (Wildman–Crippen LogP) is 2.44. The summed E-state index contributed by atoms with van der Waals surface area (Å²) in [5.41, 5.74) is -1.23. The summed E-state index contributed by atoms with van der Waals surface area (Å²) in [6.45, 7) is 0. The number of carboxylic acid groups (broad SMARTS) is 1. The topological polar surface area (TPSA) is 50.2 Å². The van der Waals surface area contributed by atoms with E-state index in [9.17, 15) is 18.0 Å². The van der Waals surface area contributed by atoms with Gasteiger partial charge in [-0.25, -0.2) is 18.2 Å². The Morgan fingerprint density at radius 1 is 1.60 bits per heavy atom. The molecule has 0 aliphatic carbocycles. The molecule has 0 amide bonds. The van der Waals surface area contributed by atoms with Crippen LogP contribution in [0.1, 0.15) is 17.8 Å². The first-order chi connectivity index (χ1) is 6.91. The molecule has 0 spiro atoms. The van der Waals surface area contributed by atoms with E-state index in [1.807, 2.05) is 0 Å². The highest BCUT2D eigenvalue weighted by atomic mass is 35.5. The molecule has 7 heteroatoms. The van der Waals surface area contributed by atoms with Crippen molar-refractivity contribution in [1.82, 2.24) is 4.98 Å². The Hall–Kier alpha value is -1.30. The Morgan fingerprint density at radius 3 is 2.67 bits per heavy atom. The van der Waals surface area contributed by atoms with Crippen molar-refractivity contribution in [3.63, 3.8) is 0 Å². The number of nitrogens with zero attached hydrogens (tertiary/aromatic N) is 1. The van der Waals surface area contributed by atoms with Gasteiger partial charge in [-0.15, -0.1) is 0 Å². The second kappa shape index (κ2) is 4.48. The third kappa shape index (κ3) is 2.82. The fraction of sp³-hybridized carbons (Fsp3) is 0.250. The van der Waals surface area contributed by atoms with Crippen LogP contribution in [0.2, 0.25) is 5.02 Å². The van der Waals surface area contributed by atoms with Crippen molar-refractivity contribution >= 4 is 17.6 Å². The first kappa shape index (κ1) is 11.8. The predicted molar refractivity (Wildman–Crippen MR) is 45.5 cm³/mol. The van der Waals surface area contributed by atoms with E-state index in [2.05, 4.69) is 4.98 Å². The summed E-state index contributed by atoms with van der Waals surface area (Å²) in [4.78, 5) is 13.6. The molecule has 1 heterocycles. The fourth-order valence-corrected chi connectivity index (χ4v) is 1.10. The largest absolute Gasteiger partial charge is 0.481 e. The van der Waals surface area contributed by atoms with E-state index < -0.39 is 41.0 Å². The third-order valence-electron chi connectivity index (χ3n) is 1.54. The summed E-state index contributed by atoms with van der Waals surface area (Å²) in [6, 6.07) is 0.484. The van der Waals surface area contributed by atoms with Crippen LogP contribution in [0, 0.1) is 5.82 Å². The van der Waals surface area contributed by atoms with Crippen LogP contribution in [-0.2, 0) is 11.2 Å².